The molecule has 0 atom stereocenters. The van der Waals surface area contributed by atoms with E-state index in [0.29, 0.717) is 31.1 Å². The quantitative estimate of drug-likeness (QED) is 0.553. The van der Waals surface area contributed by atoms with Gasteiger partial charge in [-0.1, -0.05) is 25.5 Å². The fourth-order valence-electron chi connectivity index (χ4n) is 1.74. The summed E-state index contributed by atoms with van der Waals surface area (Å²) >= 11 is 0. The van der Waals surface area contributed by atoms with Gasteiger partial charge < -0.3 is 19.9 Å². The van der Waals surface area contributed by atoms with Crippen molar-refractivity contribution in [3.05, 3.63) is 23.8 Å². The van der Waals surface area contributed by atoms with Crippen LogP contribution in [0.4, 0.5) is 0 Å². The number of rotatable bonds is 9. The van der Waals surface area contributed by atoms with Crippen molar-refractivity contribution in [2.75, 3.05) is 26.9 Å². The lowest BCUT2D eigenvalue weighted by Gasteiger charge is -2.14. The van der Waals surface area contributed by atoms with Crippen LogP contribution in [0.2, 0.25) is 0 Å². The second kappa shape index (κ2) is 9.20. The van der Waals surface area contributed by atoms with Crippen molar-refractivity contribution in [3.63, 3.8) is 0 Å². The Morgan fingerprint density at radius 1 is 1.35 bits per heavy atom. The Morgan fingerprint density at radius 2 is 2.15 bits per heavy atom. The van der Waals surface area contributed by atoms with Gasteiger partial charge in [-0.2, -0.15) is 0 Å². The highest BCUT2D eigenvalue weighted by molar-refractivity contribution is 5.71. The Morgan fingerprint density at radius 3 is 2.80 bits per heavy atom. The van der Waals surface area contributed by atoms with Crippen LogP contribution in [0.1, 0.15) is 25.3 Å². The zero-order chi connectivity index (χ0) is 14.8. The molecule has 5 nitrogen and oxygen atoms in total. The van der Waals surface area contributed by atoms with E-state index in [2.05, 4.69) is 0 Å². The highest BCUT2D eigenvalue weighted by Crippen LogP contribution is 2.31. The largest absolute Gasteiger partial charge is 0.493 e. The number of methoxy groups -OCH3 is 1. The molecule has 0 spiro atoms. The van der Waals surface area contributed by atoms with E-state index in [-0.39, 0.29) is 12.6 Å². The van der Waals surface area contributed by atoms with Crippen LogP contribution < -0.4 is 15.2 Å². The first-order valence-corrected chi connectivity index (χ1v) is 6.87. The number of nitrogens with two attached hydrogens (primary N) is 1. The highest BCUT2D eigenvalue weighted by atomic mass is 16.6. The summed E-state index contributed by atoms with van der Waals surface area (Å²) in [4.78, 5) is 11.5. The average molecular weight is 281 g/mol. The van der Waals surface area contributed by atoms with Gasteiger partial charge >= 0.3 is 5.97 Å². The molecule has 1 aromatic carbocycles. The van der Waals surface area contributed by atoms with Crippen LogP contribution in [-0.2, 0) is 16.0 Å². The summed E-state index contributed by atoms with van der Waals surface area (Å²) in [5.41, 5.74) is 6.49. The Balaban J connectivity index is 2.63. The number of benzene rings is 1. The molecule has 0 bridgehead atoms. The zero-order valence-corrected chi connectivity index (χ0v) is 12.2. The fourth-order valence-corrected chi connectivity index (χ4v) is 1.74. The van der Waals surface area contributed by atoms with Crippen LogP contribution in [0.15, 0.2) is 18.2 Å². The molecule has 1 aromatic rings. The van der Waals surface area contributed by atoms with Crippen LogP contribution in [0, 0.1) is 0 Å². The smallest absolute Gasteiger partial charge is 0.344 e. The van der Waals surface area contributed by atoms with Crippen LogP contribution in [0.5, 0.6) is 11.5 Å². The van der Waals surface area contributed by atoms with Crippen LogP contribution in [0.3, 0.4) is 0 Å². The molecule has 1 rings (SSSR count). The normalized spacial score (nSPS) is 10.2. The summed E-state index contributed by atoms with van der Waals surface area (Å²) in [6.45, 7) is 2.85. The van der Waals surface area contributed by atoms with Crippen molar-refractivity contribution >= 4 is 5.97 Å². The van der Waals surface area contributed by atoms with Gasteiger partial charge in [0.2, 0.25) is 0 Å². The number of hydrogen-bond donors (Lipinski definition) is 1. The van der Waals surface area contributed by atoms with Crippen molar-refractivity contribution in [2.45, 2.75) is 26.2 Å². The van der Waals surface area contributed by atoms with Gasteiger partial charge in [0.05, 0.1) is 13.7 Å². The van der Waals surface area contributed by atoms with Crippen molar-refractivity contribution < 1.29 is 19.0 Å². The van der Waals surface area contributed by atoms with Crippen LogP contribution >= 0.6 is 0 Å². The number of carbonyl (C=O) groups excluding carboxylic acids is 1. The first-order valence-electron chi connectivity index (χ1n) is 6.87. The van der Waals surface area contributed by atoms with E-state index < -0.39 is 0 Å². The predicted octanol–water partition coefficient (Wildman–Crippen LogP) is 1.92. The van der Waals surface area contributed by atoms with Crippen LogP contribution in [-0.4, -0.2) is 32.8 Å². The van der Waals surface area contributed by atoms with E-state index in [4.69, 9.17) is 19.9 Å². The lowest BCUT2D eigenvalue weighted by atomic mass is 10.1. The molecule has 0 saturated heterocycles. The second-order valence-electron chi connectivity index (χ2n) is 4.35. The lowest BCUT2D eigenvalue weighted by molar-refractivity contribution is -0.146. The third-order valence-corrected chi connectivity index (χ3v) is 2.79. The first-order chi connectivity index (χ1) is 9.72. The summed E-state index contributed by atoms with van der Waals surface area (Å²) < 4.78 is 15.8. The van der Waals surface area contributed by atoms with Crippen molar-refractivity contribution in [1.29, 1.82) is 0 Å². The molecule has 0 amide bonds. The fraction of sp³-hybridized carbons (Fsp3) is 0.533. The van der Waals surface area contributed by atoms with Gasteiger partial charge in [0, 0.05) is 0 Å². The molecule has 0 saturated carbocycles. The summed E-state index contributed by atoms with van der Waals surface area (Å²) in [5, 5.41) is 0. The lowest BCUT2D eigenvalue weighted by Crippen LogP contribution is -2.17. The zero-order valence-electron chi connectivity index (χ0n) is 12.2. The molecule has 0 radical (unpaired) electrons. The minimum absolute atomic E-state index is 0.123. The molecule has 2 N–H and O–H groups in total. The Labute approximate surface area is 120 Å². The monoisotopic (exact) mass is 281 g/mol. The molecule has 0 fully saturated rings. The molecule has 0 heterocycles. The molecule has 0 unspecified atom stereocenters. The third kappa shape index (κ3) is 5.09. The van der Waals surface area contributed by atoms with Crippen molar-refractivity contribution in [2.24, 2.45) is 5.73 Å². The molecule has 0 aliphatic carbocycles. The number of esters is 1. The molecule has 5 heteroatoms. The minimum atomic E-state index is -0.372. The maximum atomic E-state index is 11.5. The van der Waals surface area contributed by atoms with E-state index in [1.165, 1.54) is 0 Å². The molecule has 20 heavy (non-hydrogen) atoms. The van der Waals surface area contributed by atoms with Gasteiger partial charge in [0.15, 0.2) is 18.1 Å². The molecule has 0 aromatic heterocycles. The summed E-state index contributed by atoms with van der Waals surface area (Å²) in [6, 6.07) is 5.57. The Bertz CT molecular complexity index is 420. The number of carbonyl (C=O) groups is 1. The molecular formula is C15H23NO4. The van der Waals surface area contributed by atoms with Crippen molar-refractivity contribution in [1.82, 2.24) is 0 Å². The topological polar surface area (TPSA) is 70.8 Å². The maximum Gasteiger partial charge on any atom is 0.344 e. The number of ether oxygens (including phenoxy) is 3. The standard InChI is InChI=1S/C15H23NO4/c1-3-4-10-19-14(17)11-20-15-12(8-9-16)6-5-7-13(15)18-2/h5-7H,3-4,8-11,16H2,1-2H3. The van der Waals surface area contributed by atoms with E-state index in [1.807, 2.05) is 19.1 Å². The Kier molecular flexibility index (Phi) is 7.50. The summed E-state index contributed by atoms with van der Waals surface area (Å²) in [6.07, 6.45) is 2.51. The van der Waals surface area contributed by atoms with Crippen LogP contribution in [0.25, 0.3) is 0 Å². The van der Waals surface area contributed by atoms with Gasteiger partial charge in [-0.3, -0.25) is 0 Å². The number of para-hydroxylation sites is 1. The average Bonchev–Trinajstić information content (AvgIpc) is 2.46. The predicted molar refractivity (Wildman–Crippen MR) is 77.1 cm³/mol. The van der Waals surface area contributed by atoms with Gasteiger partial charge in [0.25, 0.3) is 0 Å². The molecule has 0 aliphatic rings. The number of hydrogen-bond acceptors (Lipinski definition) is 5. The first kappa shape index (κ1) is 16.3. The Hall–Kier alpha value is -1.75. The molecular weight excluding hydrogens is 258 g/mol. The van der Waals surface area contributed by atoms with Crippen molar-refractivity contribution in [3.8, 4) is 11.5 Å². The van der Waals surface area contributed by atoms with Gasteiger partial charge in [-0.25, -0.2) is 4.79 Å². The van der Waals surface area contributed by atoms with E-state index in [0.717, 1.165) is 18.4 Å². The maximum absolute atomic E-state index is 11.5. The molecule has 0 aliphatic heterocycles. The summed E-state index contributed by atoms with van der Waals surface area (Å²) in [7, 11) is 1.56. The SMILES string of the molecule is CCCCOC(=O)COc1c(CCN)cccc1OC. The second-order valence-corrected chi connectivity index (χ2v) is 4.35. The van der Waals surface area contributed by atoms with E-state index in [1.54, 1.807) is 13.2 Å². The van der Waals surface area contributed by atoms with E-state index in [9.17, 15) is 4.79 Å². The molecule has 112 valence electrons. The van der Waals surface area contributed by atoms with Gasteiger partial charge in [0.1, 0.15) is 0 Å². The number of unbranched alkanes of at least 4 members (excludes halogenated alkanes) is 1. The minimum Gasteiger partial charge on any atom is -0.493 e. The summed E-state index contributed by atoms with van der Waals surface area (Å²) in [5.74, 6) is 0.785. The third-order valence-electron chi connectivity index (χ3n) is 2.79. The van der Waals surface area contributed by atoms with Gasteiger partial charge in [-0.15, -0.1) is 0 Å². The van der Waals surface area contributed by atoms with E-state index >= 15 is 0 Å². The van der Waals surface area contributed by atoms with Gasteiger partial charge in [-0.05, 0) is 31.0 Å². The highest BCUT2D eigenvalue weighted by Gasteiger charge is 2.12.